The third-order valence-electron chi connectivity index (χ3n) is 4.69. The number of hydrogen-bond donors (Lipinski definition) is 1. The fraction of sp³-hybridized carbons (Fsp3) is 0.174. The minimum absolute atomic E-state index is 0.213. The molecule has 0 saturated heterocycles. The topological polar surface area (TPSA) is 78.3 Å². The molecule has 0 aliphatic rings. The van der Waals surface area contributed by atoms with E-state index in [2.05, 4.69) is 15.5 Å². The van der Waals surface area contributed by atoms with Gasteiger partial charge in [-0.05, 0) is 74.0 Å². The summed E-state index contributed by atoms with van der Waals surface area (Å²) in [6, 6.07) is 18.4. The van der Waals surface area contributed by atoms with Gasteiger partial charge in [-0.1, -0.05) is 6.07 Å². The second-order valence-electron chi connectivity index (χ2n) is 6.76. The van der Waals surface area contributed by atoms with Crippen LogP contribution in [0.3, 0.4) is 0 Å². The Balaban J connectivity index is 1.61. The van der Waals surface area contributed by atoms with Crippen molar-refractivity contribution < 1.29 is 14.3 Å². The lowest BCUT2D eigenvalue weighted by molar-refractivity contribution is 0.102. The molecule has 0 aliphatic carbocycles. The Hall–Kier alpha value is -3.87. The Morgan fingerprint density at radius 3 is 2.43 bits per heavy atom. The lowest BCUT2D eigenvalue weighted by Gasteiger charge is -2.09. The van der Waals surface area contributed by atoms with Crippen LogP contribution in [0.1, 0.15) is 22.8 Å². The van der Waals surface area contributed by atoms with Gasteiger partial charge in [0.05, 0.1) is 19.4 Å². The van der Waals surface area contributed by atoms with E-state index in [1.165, 1.54) is 0 Å². The first kappa shape index (κ1) is 19.4. The Morgan fingerprint density at radius 2 is 1.73 bits per heavy atom. The fourth-order valence-corrected chi connectivity index (χ4v) is 3.12. The van der Waals surface area contributed by atoms with Crippen LogP contribution in [0.5, 0.6) is 11.5 Å². The second kappa shape index (κ2) is 8.24. The van der Waals surface area contributed by atoms with Crippen LogP contribution in [0.4, 0.5) is 5.69 Å². The smallest absolute Gasteiger partial charge is 0.255 e. The number of nitrogens with zero attached hydrogens (tertiary/aromatic N) is 3. The monoisotopic (exact) mass is 402 g/mol. The molecule has 1 amide bonds. The summed E-state index contributed by atoms with van der Waals surface area (Å²) in [6.07, 6.45) is 0. The van der Waals surface area contributed by atoms with E-state index in [0.717, 1.165) is 22.5 Å². The van der Waals surface area contributed by atoms with Gasteiger partial charge in [0.1, 0.15) is 22.5 Å². The molecule has 3 aromatic carbocycles. The van der Waals surface area contributed by atoms with Crippen LogP contribution in [-0.4, -0.2) is 34.6 Å². The molecule has 30 heavy (non-hydrogen) atoms. The number of methoxy groups -OCH3 is 1. The molecule has 0 radical (unpaired) electrons. The molecule has 1 heterocycles. The first-order valence-electron chi connectivity index (χ1n) is 9.63. The molecule has 7 nitrogen and oxygen atoms in total. The van der Waals surface area contributed by atoms with Crippen molar-refractivity contribution in [1.29, 1.82) is 0 Å². The number of aromatic nitrogens is 3. The molecule has 0 aliphatic heterocycles. The maximum atomic E-state index is 12.7. The van der Waals surface area contributed by atoms with Crippen molar-refractivity contribution in [2.24, 2.45) is 0 Å². The van der Waals surface area contributed by atoms with Crippen LogP contribution in [0.15, 0.2) is 60.7 Å². The molecule has 1 N–H and O–H groups in total. The molecule has 152 valence electrons. The van der Waals surface area contributed by atoms with Gasteiger partial charge < -0.3 is 14.8 Å². The van der Waals surface area contributed by atoms with Gasteiger partial charge in [-0.3, -0.25) is 4.79 Å². The number of carbonyl (C=O) groups is 1. The lowest BCUT2D eigenvalue weighted by atomic mass is 10.1. The molecule has 0 bridgehead atoms. The molecule has 7 heteroatoms. The highest BCUT2D eigenvalue weighted by molar-refractivity contribution is 6.05. The normalized spacial score (nSPS) is 10.8. The van der Waals surface area contributed by atoms with Crippen molar-refractivity contribution in [3.05, 3.63) is 71.8 Å². The lowest BCUT2D eigenvalue weighted by Crippen LogP contribution is -2.12. The summed E-state index contributed by atoms with van der Waals surface area (Å²) >= 11 is 0. The van der Waals surface area contributed by atoms with Crippen LogP contribution in [0.25, 0.3) is 16.7 Å². The van der Waals surface area contributed by atoms with E-state index >= 15 is 0 Å². The zero-order valence-corrected chi connectivity index (χ0v) is 17.0. The average Bonchev–Trinajstić information content (AvgIpc) is 3.17. The highest BCUT2D eigenvalue weighted by Gasteiger charge is 2.12. The SMILES string of the molecule is CCOc1ccc(-n2nc3cc(C)c(NC(=O)c4cccc(OC)c4)cc3n2)cc1. The fourth-order valence-electron chi connectivity index (χ4n) is 3.12. The van der Waals surface area contributed by atoms with Gasteiger partial charge in [-0.2, -0.15) is 4.80 Å². The summed E-state index contributed by atoms with van der Waals surface area (Å²) in [7, 11) is 1.57. The number of carbonyl (C=O) groups excluding carboxylic acids is 1. The van der Waals surface area contributed by atoms with Gasteiger partial charge >= 0.3 is 0 Å². The van der Waals surface area contributed by atoms with E-state index < -0.39 is 0 Å². The van der Waals surface area contributed by atoms with Crippen molar-refractivity contribution >= 4 is 22.6 Å². The molecule has 0 fully saturated rings. The number of amides is 1. The van der Waals surface area contributed by atoms with Crippen LogP contribution in [-0.2, 0) is 0 Å². The minimum atomic E-state index is -0.213. The van der Waals surface area contributed by atoms with E-state index in [4.69, 9.17) is 9.47 Å². The number of fused-ring (bicyclic) bond motifs is 1. The Morgan fingerprint density at radius 1 is 1.00 bits per heavy atom. The Bertz CT molecular complexity index is 1200. The highest BCUT2D eigenvalue weighted by atomic mass is 16.5. The summed E-state index contributed by atoms with van der Waals surface area (Å²) in [5, 5.41) is 12.1. The first-order valence-corrected chi connectivity index (χ1v) is 9.63. The minimum Gasteiger partial charge on any atom is -0.497 e. The predicted octanol–water partition coefficient (Wildman–Crippen LogP) is 4.39. The zero-order valence-electron chi connectivity index (χ0n) is 17.0. The van der Waals surface area contributed by atoms with Gasteiger partial charge in [-0.25, -0.2) is 0 Å². The van der Waals surface area contributed by atoms with Crippen molar-refractivity contribution in [3.63, 3.8) is 0 Å². The summed E-state index contributed by atoms with van der Waals surface area (Å²) in [5.41, 5.74) is 4.38. The van der Waals surface area contributed by atoms with Crippen molar-refractivity contribution in [2.45, 2.75) is 13.8 Å². The summed E-state index contributed by atoms with van der Waals surface area (Å²) in [5.74, 6) is 1.22. The average molecular weight is 402 g/mol. The summed E-state index contributed by atoms with van der Waals surface area (Å²) in [6.45, 7) is 4.49. The number of rotatable bonds is 6. The third kappa shape index (κ3) is 3.96. The molecule has 4 rings (SSSR count). The largest absolute Gasteiger partial charge is 0.497 e. The van der Waals surface area contributed by atoms with Gasteiger partial charge in [0.25, 0.3) is 5.91 Å². The number of ether oxygens (including phenoxy) is 2. The van der Waals surface area contributed by atoms with Crippen molar-refractivity contribution in [2.75, 3.05) is 19.0 Å². The predicted molar refractivity (Wildman–Crippen MR) is 116 cm³/mol. The van der Waals surface area contributed by atoms with Gasteiger partial charge in [0, 0.05) is 11.3 Å². The van der Waals surface area contributed by atoms with E-state index in [1.807, 2.05) is 50.2 Å². The molecule has 4 aromatic rings. The van der Waals surface area contributed by atoms with E-state index in [-0.39, 0.29) is 5.91 Å². The molecule has 0 atom stereocenters. The summed E-state index contributed by atoms with van der Waals surface area (Å²) < 4.78 is 10.7. The highest BCUT2D eigenvalue weighted by Crippen LogP contribution is 2.24. The Kier molecular flexibility index (Phi) is 5.34. The molecular formula is C23H22N4O3. The molecule has 0 unspecified atom stereocenters. The van der Waals surface area contributed by atoms with Crippen LogP contribution < -0.4 is 14.8 Å². The third-order valence-corrected chi connectivity index (χ3v) is 4.69. The number of hydrogen-bond acceptors (Lipinski definition) is 5. The second-order valence-corrected chi connectivity index (χ2v) is 6.76. The van der Waals surface area contributed by atoms with Gasteiger partial charge in [-0.15, -0.1) is 10.2 Å². The van der Waals surface area contributed by atoms with Gasteiger partial charge in [0.15, 0.2) is 0 Å². The van der Waals surface area contributed by atoms with Crippen LogP contribution in [0.2, 0.25) is 0 Å². The Labute approximate surface area is 174 Å². The van der Waals surface area contributed by atoms with E-state index in [9.17, 15) is 4.79 Å². The first-order chi connectivity index (χ1) is 14.6. The van der Waals surface area contributed by atoms with Crippen LogP contribution >= 0.6 is 0 Å². The number of nitrogens with one attached hydrogen (secondary N) is 1. The van der Waals surface area contributed by atoms with E-state index in [0.29, 0.717) is 29.1 Å². The maximum Gasteiger partial charge on any atom is 0.255 e. The van der Waals surface area contributed by atoms with Crippen molar-refractivity contribution in [3.8, 4) is 17.2 Å². The zero-order chi connectivity index (χ0) is 21.1. The standard InChI is InChI=1S/C23H22N4O3/c1-4-30-18-10-8-17(9-11-18)27-25-21-12-15(2)20(14-22(21)26-27)24-23(28)16-6-5-7-19(13-16)29-3/h5-14H,4H2,1-3H3,(H,24,28). The molecule has 1 aromatic heterocycles. The molecule has 0 saturated carbocycles. The van der Waals surface area contributed by atoms with E-state index in [1.54, 1.807) is 36.2 Å². The quantitative estimate of drug-likeness (QED) is 0.518. The molecular weight excluding hydrogens is 380 g/mol. The van der Waals surface area contributed by atoms with Crippen LogP contribution in [0, 0.1) is 6.92 Å². The number of anilines is 1. The molecule has 0 spiro atoms. The maximum absolute atomic E-state index is 12.7. The van der Waals surface area contributed by atoms with Gasteiger partial charge in [0.2, 0.25) is 0 Å². The number of benzene rings is 3. The summed E-state index contributed by atoms with van der Waals surface area (Å²) in [4.78, 5) is 14.2. The number of aryl methyl sites for hydroxylation is 1. The van der Waals surface area contributed by atoms with Crippen molar-refractivity contribution in [1.82, 2.24) is 15.0 Å².